The van der Waals surface area contributed by atoms with Crippen LogP contribution in [0.3, 0.4) is 0 Å². The number of halogens is 1. The lowest BCUT2D eigenvalue weighted by molar-refractivity contribution is 0.0942. The van der Waals surface area contributed by atoms with E-state index in [0.29, 0.717) is 12.1 Å². The SMILES string of the molecule is Cc1ccc(C)c(S(=O)(=O)Nc2ccccc2C(=O)N[C@@H](C)CN)c1.Cl. The molecule has 0 radical (unpaired) electrons. The lowest BCUT2D eigenvalue weighted by Gasteiger charge is -2.16. The van der Waals surface area contributed by atoms with E-state index in [2.05, 4.69) is 10.0 Å². The van der Waals surface area contributed by atoms with Gasteiger partial charge in [0.1, 0.15) is 0 Å². The maximum Gasteiger partial charge on any atom is 0.262 e. The van der Waals surface area contributed by atoms with Gasteiger partial charge in [-0.15, -0.1) is 12.4 Å². The molecule has 0 fully saturated rings. The van der Waals surface area contributed by atoms with Crippen molar-refractivity contribution in [3.8, 4) is 0 Å². The van der Waals surface area contributed by atoms with Crippen LogP contribution in [0.2, 0.25) is 0 Å². The monoisotopic (exact) mass is 397 g/mol. The maximum absolute atomic E-state index is 12.8. The van der Waals surface area contributed by atoms with Gasteiger partial charge >= 0.3 is 0 Å². The molecule has 4 N–H and O–H groups in total. The molecule has 0 saturated carbocycles. The number of aryl methyl sites for hydroxylation is 2. The van der Waals surface area contributed by atoms with Crippen LogP contribution < -0.4 is 15.8 Å². The van der Waals surface area contributed by atoms with Crippen LogP contribution in [0.25, 0.3) is 0 Å². The van der Waals surface area contributed by atoms with E-state index in [4.69, 9.17) is 5.73 Å². The predicted octanol–water partition coefficient (Wildman–Crippen LogP) is 2.60. The van der Waals surface area contributed by atoms with Gasteiger partial charge in [0.25, 0.3) is 15.9 Å². The van der Waals surface area contributed by atoms with E-state index in [9.17, 15) is 13.2 Å². The van der Waals surface area contributed by atoms with Crippen molar-refractivity contribution >= 4 is 34.0 Å². The quantitative estimate of drug-likeness (QED) is 0.697. The normalized spacial score (nSPS) is 12.0. The lowest BCUT2D eigenvalue weighted by atomic mass is 10.1. The minimum Gasteiger partial charge on any atom is -0.348 e. The van der Waals surface area contributed by atoms with E-state index in [-0.39, 0.29) is 40.5 Å². The topological polar surface area (TPSA) is 101 Å². The summed E-state index contributed by atoms with van der Waals surface area (Å²) in [5, 5.41) is 2.73. The molecule has 0 saturated heterocycles. The number of nitrogens with one attached hydrogen (secondary N) is 2. The van der Waals surface area contributed by atoms with E-state index in [1.165, 1.54) is 0 Å². The van der Waals surface area contributed by atoms with Gasteiger partial charge in [-0.25, -0.2) is 8.42 Å². The molecule has 0 aliphatic carbocycles. The molecule has 2 aromatic carbocycles. The highest BCUT2D eigenvalue weighted by atomic mass is 35.5. The van der Waals surface area contributed by atoms with Gasteiger partial charge < -0.3 is 11.1 Å². The summed E-state index contributed by atoms with van der Waals surface area (Å²) in [5.74, 6) is -0.378. The Bertz CT molecular complexity index is 885. The van der Waals surface area contributed by atoms with Gasteiger partial charge in [-0.2, -0.15) is 0 Å². The summed E-state index contributed by atoms with van der Waals surface area (Å²) in [5.41, 5.74) is 7.47. The van der Waals surface area contributed by atoms with Crippen molar-refractivity contribution in [3.63, 3.8) is 0 Å². The van der Waals surface area contributed by atoms with Crippen molar-refractivity contribution in [2.45, 2.75) is 31.7 Å². The Hall–Kier alpha value is -2.09. The molecular formula is C18H24ClN3O3S. The molecule has 0 bridgehead atoms. The number of sulfonamides is 1. The highest BCUT2D eigenvalue weighted by molar-refractivity contribution is 7.92. The summed E-state index contributed by atoms with van der Waals surface area (Å²) in [6, 6.07) is 11.5. The Labute approximate surface area is 160 Å². The molecule has 142 valence electrons. The van der Waals surface area contributed by atoms with E-state index in [1.54, 1.807) is 50.2 Å². The van der Waals surface area contributed by atoms with Crippen molar-refractivity contribution < 1.29 is 13.2 Å². The largest absolute Gasteiger partial charge is 0.348 e. The summed E-state index contributed by atoms with van der Waals surface area (Å²) in [6.07, 6.45) is 0. The van der Waals surface area contributed by atoms with Crippen molar-refractivity contribution in [2.75, 3.05) is 11.3 Å². The van der Waals surface area contributed by atoms with Crippen molar-refractivity contribution in [3.05, 3.63) is 59.2 Å². The third kappa shape index (κ3) is 5.20. The van der Waals surface area contributed by atoms with Crippen LogP contribution in [0.4, 0.5) is 5.69 Å². The number of benzene rings is 2. The zero-order valence-electron chi connectivity index (χ0n) is 14.9. The fraction of sp³-hybridized carbons (Fsp3) is 0.278. The second kappa shape index (κ2) is 9.02. The Balaban J connectivity index is 0.00000338. The Morgan fingerprint density at radius 3 is 2.46 bits per heavy atom. The first-order chi connectivity index (χ1) is 11.7. The van der Waals surface area contributed by atoms with Crippen molar-refractivity contribution in [2.24, 2.45) is 5.73 Å². The minimum absolute atomic E-state index is 0. The standard InChI is InChI=1S/C18H23N3O3S.ClH/c1-12-8-9-13(2)17(10-12)25(23,24)21-16-7-5-4-6-15(16)18(22)20-14(3)11-19;/h4-10,14,21H,11,19H2,1-3H3,(H,20,22);1H/t14-;/m0./s1. The molecule has 0 heterocycles. The molecule has 2 rings (SSSR count). The molecule has 26 heavy (non-hydrogen) atoms. The first kappa shape index (κ1) is 22.0. The van der Waals surface area contributed by atoms with Crippen LogP contribution in [-0.4, -0.2) is 26.9 Å². The fourth-order valence-electron chi connectivity index (χ4n) is 2.33. The van der Waals surface area contributed by atoms with Crippen LogP contribution in [0, 0.1) is 13.8 Å². The Morgan fingerprint density at radius 1 is 1.15 bits per heavy atom. The third-order valence-corrected chi connectivity index (χ3v) is 5.29. The van der Waals surface area contributed by atoms with Gasteiger partial charge in [0.2, 0.25) is 0 Å². The molecule has 6 nitrogen and oxygen atoms in total. The van der Waals surface area contributed by atoms with Crippen molar-refractivity contribution in [1.29, 1.82) is 0 Å². The number of carbonyl (C=O) groups is 1. The van der Waals surface area contributed by atoms with Crippen LogP contribution in [0.15, 0.2) is 47.4 Å². The molecule has 2 aromatic rings. The molecular weight excluding hydrogens is 374 g/mol. The number of nitrogens with two attached hydrogens (primary N) is 1. The van der Waals surface area contributed by atoms with Gasteiger partial charge in [-0.3, -0.25) is 9.52 Å². The Kier molecular flexibility index (Phi) is 7.62. The highest BCUT2D eigenvalue weighted by Gasteiger charge is 2.21. The summed E-state index contributed by atoms with van der Waals surface area (Å²) in [6.45, 7) is 5.63. The summed E-state index contributed by atoms with van der Waals surface area (Å²) in [4.78, 5) is 12.6. The Morgan fingerprint density at radius 2 is 1.81 bits per heavy atom. The summed E-state index contributed by atoms with van der Waals surface area (Å²) < 4.78 is 28.1. The molecule has 1 amide bonds. The van der Waals surface area contributed by atoms with Gasteiger partial charge in [-0.05, 0) is 50.1 Å². The van der Waals surface area contributed by atoms with Gasteiger partial charge in [0.05, 0.1) is 16.1 Å². The average molecular weight is 398 g/mol. The first-order valence-electron chi connectivity index (χ1n) is 7.94. The summed E-state index contributed by atoms with van der Waals surface area (Å²) >= 11 is 0. The maximum atomic E-state index is 12.8. The van der Waals surface area contributed by atoms with Gasteiger partial charge in [0.15, 0.2) is 0 Å². The lowest BCUT2D eigenvalue weighted by Crippen LogP contribution is -2.38. The van der Waals surface area contributed by atoms with Crippen LogP contribution in [0.5, 0.6) is 0 Å². The average Bonchev–Trinajstić information content (AvgIpc) is 2.56. The smallest absolute Gasteiger partial charge is 0.262 e. The van der Waals surface area contributed by atoms with Crippen LogP contribution in [0.1, 0.15) is 28.4 Å². The number of para-hydroxylation sites is 1. The molecule has 0 aliphatic heterocycles. The molecule has 0 aromatic heterocycles. The molecule has 0 unspecified atom stereocenters. The van der Waals surface area contributed by atoms with Gasteiger partial charge in [0, 0.05) is 12.6 Å². The molecule has 8 heteroatoms. The fourth-order valence-corrected chi connectivity index (χ4v) is 3.74. The predicted molar refractivity (Wildman–Crippen MR) is 106 cm³/mol. The second-order valence-corrected chi connectivity index (χ2v) is 7.68. The number of anilines is 1. The zero-order chi connectivity index (χ0) is 18.6. The van der Waals surface area contributed by atoms with Crippen LogP contribution in [-0.2, 0) is 10.0 Å². The number of hydrogen-bond acceptors (Lipinski definition) is 4. The van der Waals surface area contributed by atoms with E-state index in [1.807, 2.05) is 13.0 Å². The van der Waals surface area contributed by atoms with Crippen LogP contribution >= 0.6 is 12.4 Å². The third-order valence-electron chi connectivity index (χ3n) is 3.78. The van der Waals surface area contributed by atoms with E-state index >= 15 is 0 Å². The van der Waals surface area contributed by atoms with Crippen molar-refractivity contribution in [1.82, 2.24) is 5.32 Å². The summed E-state index contributed by atoms with van der Waals surface area (Å²) in [7, 11) is -3.81. The molecule has 1 atom stereocenters. The number of rotatable bonds is 6. The number of hydrogen-bond donors (Lipinski definition) is 3. The number of carbonyl (C=O) groups excluding carboxylic acids is 1. The molecule has 0 spiro atoms. The van der Waals surface area contributed by atoms with Gasteiger partial charge in [-0.1, -0.05) is 24.3 Å². The second-order valence-electron chi connectivity index (χ2n) is 6.03. The molecule has 0 aliphatic rings. The first-order valence-corrected chi connectivity index (χ1v) is 9.43. The highest BCUT2D eigenvalue weighted by Crippen LogP contribution is 2.23. The zero-order valence-corrected chi connectivity index (χ0v) is 16.6. The number of amides is 1. The van der Waals surface area contributed by atoms with E-state index in [0.717, 1.165) is 5.56 Å². The van der Waals surface area contributed by atoms with E-state index < -0.39 is 10.0 Å². The minimum atomic E-state index is -3.81.